The number of hydrogen-bond acceptors (Lipinski definition) is 5. The average Bonchev–Trinajstić information content (AvgIpc) is 3.69. The van der Waals surface area contributed by atoms with Crippen molar-refractivity contribution in [3.05, 3.63) is 53.2 Å². The van der Waals surface area contributed by atoms with E-state index < -0.39 is 35.2 Å². The Morgan fingerprint density at radius 3 is 2.69 bits per heavy atom. The standard InChI is InChI=1S/C25H26F3N5O3/c26-25(27,28)18-6-2-1-5-17(18)24(36)32-10-11-33-20(14-32)23(35)31-19-12-16(13-30-21(19)33)22(34)29-9-3-4-15-7-8-15/h1-2,5-6,12-13,15,20H,3-4,7-11,14H2,(H,29,34)(H,31,35). The topological polar surface area (TPSA) is 94.6 Å². The Labute approximate surface area is 205 Å². The molecule has 1 aliphatic carbocycles. The van der Waals surface area contributed by atoms with Gasteiger partial charge in [-0.25, -0.2) is 4.98 Å². The molecule has 3 amide bonds. The van der Waals surface area contributed by atoms with Crippen LogP contribution in [0, 0.1) is 5.92 Å². The summed E-state index contributed by atoms with van der Waals surface area (Å²) in [6, 6.07) is 5.41. The van der Waals surface area contributed by atoms with Gasteiger partial charge in [0.1, 0.15) is 6.04 Å². The minimum absolute atomic E-state index is 0.0821. The number of benzene rings is 1. The zero-order valence-corrected chi connectivity index (χ0v) is 19.5. The summed E-state index contributed by atoms with van der Waals surface area (Å²) in [7, 11) is 0. The smallest absolute Gasteiger partial charge is 0.352 e. The molecule has 0 spiro atoms. The second-order valence-electron chi connectivity index (χ2n) is 9.43. The van der Waals surface area contributed by atoms with Gasteiger partial charge >= 0.3 is 6.18 Å². The van der Waals surface area contributed by atoms with E-state index in [-0.39, 0.29) is 25.5 Å². The van der Waals surface area contributed by atoms with E-state index in [9.17, 15) is 27.6 Å². The molecule has 2 aromatic rings. The van der Waals surface area contributed by atoms with Crippen LogP contribution in [-0.2, 0) is 11.0 Å². The van der Waals surface area contributed by atoms with Crippen LogP contribution in [0.25, 0.3) is 0 Å². The van der Waals surface area contributed by atoms with Crippen LogP contribution >= 0.6 is 0 Å². The number of hydrogen-bond donors (Lipinski definition) is 2. The van der Waals surface area contributed by atoms with Crippen molar-refractivity contribution in [2.75, 3.05) is 36.4 Å². The van der Waals surface area contributed by atoms with Crippen LogP contribution in [0.4, 0.5) is 24.7 Å². The lowest BCUT2D eigenvalue weighted by atomic mass is 10.0. The van der Waals surface area contributed by atoms with Gasteiger partial charge in [0.15, 0.2) is 5.82 Å². The number of nitrogens with zero attached hydrogens (tertiary/aromatic N) is 3. The molecule has 1 aromatic heterocycles. The maximum absolute atomic E-state index is 13.4. The third-order valence-corrected chi connectivity index (χ3v) is 6.86. The summed E-state index contributed by atoms with van der Waals surface area (Å²) in [5, 5.41) is 5.61. The summed E-state index contributed by atoms with van der Waals surface area (Å²) in [6.45, 7) is 0.833. The fourth-order valence-electron chi connectivity index (χ4n) is 4.75. The lowest BCUT2D eigenvalue weighted by molar-refractivity contribution is -0.138. The van der Waals surface area contributed by atoms with E-state index in [1.54, 1.807) is 11.0 Å². The van der Waals surface area contributed by atoms with Crippen LogP contribution < -0.4 is 15.5 Å². The first-order valence-electron chi connectivity index (χ1n) is 12.0. The van der Waals surface area contributed by atoms with Crippen molar-refractivity contribution in [2.24, 2.45) is 5.92 Å². The number of rotatable bonds is 6. The minimum atomic E-state index is -4.67. The summed E-state index contributed by atoms with van der Waals surface area (Å²) < 4.78 is 40.2. The van der Waals surface area contributed by atoms with E-state index in [1.165, 1.54) is 36.1 Å². The van der Waals surface area contributed by atoms with E-state index in [2.05, 4.69) is 15.6 Å². The highest BCUT2D eigenvalue weighted by Crippen LogP contribution is 2.35. The predicted octanol–water partition coefficient (Wildman–Crippen LogP) is 3.30. The molecule has 11 heteroatoms. The molecular weight excluding hydrogens is 475 g/mol. The van der Waals surface area contributed by atoms with Crippen molar-refractivity contribution >= 4 is 29.2 Å². The Morgan fingerprint density at radius 1 is 1.17 bits per heavy atom. The number of aromatic nitrogens is 1. The third-order valence-electron chi connectivity index (χ3n) is 6.86. The van der Waals surface area contributed by atoms with Crippen molar-refractivity contribution in [3.63, 3.8) is 0 Å². The number of piperazine rings is 1. The van der Waals surface area contributed by atoms with Crippen molar-refractivity contribution in [1.29, 1.82) is 0 Å². The highest BCUT2D eigenvalue weighted by Gasteiger charge is 2.42. The molecular formula is C25H26F3N5O3. The molecule has 8 nitrogen and oxygen atoms in total. The molecule has 2 N–H and O–H groups in total. The van der Waals surface area contributed by atoms with E-state index in [0.29, 0.717) is 23.6 Å². The third kappa shape index (κ3) is 4.87. The van der Waals surface area contributed by atoms with E-state index in [4.69, 9.17) is 0 Å². The molecule has 190 valence electrons. The zero-order chi connectivity index (χ0) is 25.4. The number of amides is 3. The van der Waals surface area contributed by atoms with Gasteiger partial charge < -0.3 is 20.4 Å². The molecule has 1 unspecified atom stereocenters. The lowest BCUT2D eigenvalue weighted by Gasteiger charge is -2.44. The normalized spacial score (nSPS) is 19.3. The predicted molar refractivity (Wildman–Crippen MR) is 126 cm³/mol. The first kappa shape index (κ1) is 24.1. The molecule has 3 aliphatic rings. The van der Waals surface area contributed by atoms with Gasteiger partial charge in [-0.05, 0) is 37.0 Å². The van der Waals surface area contributed by atoms with Crippen LogP contribution in [0.15, 0.2) is 36.5 Å². The number of anilines is 2. The van der Waals surface area contributed by atoms with Crippen molar-refractivity contribution in [1.82, 2.24) is 15.2 Å². The lowest BCUT2D eigenvalue weighted by Crippen LogP contribution is -2.61. The van der Waals surface area contributed by atoms with Crippen molar-refractivity contribution in [3.8, 4) is 0 Å². The van der Waals surface area contributed by atoms with Gasteiger partial charge in [0.2, 0.25) is 5.91 Å². The first-order valence-corrected chi connectivity index (χ1v) is 12.0. The number of alkyl halides is 3. The quantitative estimate of drug-likeness (QED) is 0.593. The molecule has 1 aromatic carbocycles. The average molecular weight is 502 g/mol. The Balaban J connectivity index is 1.27. The van der Waals surface area contributed by atoms with Crippen LogP contribution in [0.1, 0.15) is 52.0 Å². The molecule has 1 saturated heterocycles. The Bertz CT molecular complexity index is 1200. The molecule has 5 rings (SSSR count). The van der Waals surface area contributed by atoms with E-state index in [1.807, 2.05) is 0 Å². The fraction of sp³-hybridized carbons (Fsp3) is 0.440. The maximum Gasteiger partial charge on any atom is 0.417 e. The van der Waals surface area contributed by atoms with Crippen LogP contribution in [0.3, 0.4) is 0 Å². The highest BCUT2D eigenvalue weighted by molar-refractivity contribution is 6.05. The first-order chi connectivity index (χ1) is 17.2. The van der Waals surface area contributed by atoms with Crippen molar-refractivity contribution in [2.45, 2.75) is 37.9 Å². The summed E-state index contributed by atoms with van der Waals surface area (Å²) in [6.07, 6.45) is 1.35. The Morgan fingerprint density at radius 2 is 1.94 bits per heavy atom. The van der Waals surface area contributed by atoms with Gasteiger partial charge in [-0.1, -0.05) is 25.0 Å². The Kier molecular flexibility index (Phi) is 6.31. The molecule has 0 bridgehead atoms. The maximum atomic E-state index is 13.4. The number of fused-ring (bicyclic) bond motifs is 3. The molecule has 2 fully saturated rings. The summed E-state index contributed by atoms with van der Waals surface area (Å²) >= 11 is 0. The fourth-order valence-corrected chi connectivity index (χ4v) is 4.75. The number of carbonyl (C=O) groups is 3. The van der Waals surface area contributed by atoms with E-state index in [0.717, 1.165) is 30.9 Å². The molecule has 36 heavy (non-hydrogen) atoms. The molecule has 1 saturated carbocycles. The number of nitrogens with one attached hydrogen (secondary N) is 2. The Hall–Kier alpha value is -3.63. The van der Waals surface area contributed by atoms with Crippen LogP contribution in [0.2, 0.25) is 0 Å². The second-order valence-corrected chi connectivity index (χ2v) is 9.43. The second kappa shape index (κ2) is 9.44. The molecule has 1 atom stereocenters. The zero-order valence-electron chi connectivity index (χ0n) is 19.5. The highest BCUT2D eigenvalue weighted by atomic mass is 19.4. The SMILES string of the molecule is O=C(NCCCC1CC1)c1cnc2c(c1)NC(=O)C1CN(C(=O)c3ccccc3C(F)(F)F)CCN21. The number of carbonyl (C=O) groups excluding carboxylic acids is 3. The molecule has 0 radical (unpaired) electrons. The van der Waals surface area contributed by atoms with Gasteiger partial charge in [-0.15, -0.1) is 0 Å². The largest absolute Gasteiger partial charge is 0.417 e. The monoisotopic (exact) mass is 501 g/mol. The number of halogens is 3. The summed E-state index contributed by atoms with van der Waals surface area (Å²) in [5.41, 5.74) is -0.725. The van der Waals surface area contributed by atoms with Crippen LogP contribution in [0.5, 0.6) is 0 Å². The van der Waals surface area contributed by atoms with Gasteiger partial charge in [-0.2, -0.15) is 13.2 Å². The van der Waals surface area contributed by atoms with Gasteiger partial charge in [0.25, 0.3) is 11.8 Å². The van der Waals surface area contributed by atoms with Gasteiger partial charge in [0, 0.05) is 25.8 Å². The van der Waals surface area contributed by atoms with E-state index >= 15 is 0 Å². The van der Waals surface area contributed by atoms with Crippen LogP contribution in [-0.4, -0.2) is 59.8 Å². The molecule has 2 aliphatic heterocycles. The molecule has 3 heterocycles. The van der Waals surface area contributed by atoms with Gasteiger partial charge in [-0.3, -0.25) is 14.4 Å². The summed E-state index contributed by atoms with van der Waals surface area (Å²) in [5.74, 6) is -0.190. The summed E-state index contributed by atoms with van der Waals surface area (Å²) in [4.78, 5) is 45.8. The number of pyridine rings is 1. The van der Waals surface area contributed by atoms with Crippen molar-refractivity contribution < 1.29 is 27.6 Å². The minimum Gasteiger partial charge on any atom is -0.352 e. The van der Waals surface area contributed by atoms with Gasteiger partial charge in [0.05, 0.1) is 28.9 Å².